The third-order valence-corrected chi connectivity index (χ3v) is 0. The molecule has 0 saturated heterocycles. The Bertz CT molecular complexity index is 58.6. The maximum absolute atomic E-state index is 8.55. The molecule has 0 aromatic rings. The van der Waals surface area contributed by atoms with Crippen molar-refractivity contribution in [2.75, 3.05) is 0 Å². The molecule has 8 heteroatoms. The van der Waals surface area contributed by atoms with Gasteiger partial charge in [-0.2, -0.15) is 7.82 Å². The minimum Gasteiger partial charge on any atom is -2.00 e. The van der Waals surface area contributed by atoms with Gasteiger partial charge >= 0.3 is 36.8 Å². The summed E-state index contributed by atoms with van der Waals surface area (Å²) in [4.78, 5) is 25.6. The van der Waals surface area contributed by atoms with Crippen LogP contribution in [0.15, 0.2) is 0 Å². The number of hydrogen-bond acceptors (Lipinski definition) is 4. The molecule has 0 bridgehead atoms. The third-order valence-electron chi connectivity index (χ3n) is 0. The van der Waals surface area contributed by atoms with Crippen molar-refractivity contribution < 1.29 is 44.2 Å². The van der Waals surface area contributed by atoms with Gasteiger partial charge in [-0.1, -0.05) is 0 Å². The van der Waals surface area contributed by atoms with Gasteiger partial charge < -0.3 is 24.7 Å². The van der Waals surface area contributed by atoms with Crippen LogP contribution in [0.5, 0.6) is 0 Å². The van der Waals surface area contributed by atoms with E-state index in [1.54, 1.807) is 0 Å². The second kappa shape index (κ2) is 8.23. The zero-order chi connectivity index (χ0) is 4.50. The number of rotatable bonds is 0. The molecule has 0 heterocycles. The predicted molar refractivity (Wildman–Crippen MR) is 14.0 cm³/mol. The van der Waals surface area contributed by atoms with Crippen molar-refractivity contribution in [3.63, 3.8) is 0 Å². The Morgan fingerprint density at radius 3 is 1.12 bits per heavy atom. The van der Waals surface area contributed by atoms with Crippen LogP contribution < -0.4 is 14.7 Å². The molecule has 0 radical (unpaired) electrons. The molecule has 0 aliphatic carbocycles. The van der Waals surface area contributed by atoms with Crippen molar-refractivity contribution in [3.8, 4) is 0 Å². The van der Waals surface area contributed by atoms with Gasteiger partial charge in [0.2, 0.25) is 0 Å². The standard InChI is InChI=1S/Al.H3O4P.O.Zn/c;1-5(2,3)4;;/h;(H3,1,2,3,4);;/q+3;;-2;+2/p-3. The first-order valence-corrected chi connectivity index (χ1v) is 2.19. The van der Waals surface area contributed by atoms with Gasteiger partial charge in [0, 0.05) is 0 Å². The molecule has 0 spiro atoms. The van der Waals surface area contributed by atoms with Crippen LogP contribution in [-0.4, -0.2) is 17.4 Å². The van der Waals surface area contributed by atoms with E-state index in [9.17, 15) is 0 Å². The average molecular weight is 203 g/mol. The van der Waals surface area contributed by atoms with Crippen LogP contribution in [0.4, 0.5) is 0 Å². The zero-order valence-electron chi connectivity index (χ0n) is 3.77. The summed E-state index contributed by atoms with van der Waals surface area (Å²) in [5, 5.41) is 0. The van der Waals surface area contributed by atoms with E-state index in [1.807, 2.05) is 0 Å². The third kappa shape index (κ3) is 186. The molecule has 0 unspecified atom stereocenters. The maximum Gasteiger partial charge on any atom is 3.00 e. The van der Waals surface area contributed by atoms with E-state index < -0.39 is 7.82 Å². The molecule has 8 heavy (non-hydrogen) atoms. The quantitative estimate of drug-likeness (QED) is 0.302. The first-order chi connectivity index (χ1) is 2.00. The van der Waals surface area contributed by atoms with E-state index in [2.05, 4.69) is 0 Å². The smallest absolute Gasteiger partial charge is 2.00 e. The molecule has 0 atom stereocenters. The molecular weight excluding hydrogens is 203 g/mol. The van der Waals surface area contributed by atoms with Crippen LogP contribution in [0.3, 0.4) is 0 Å². The predicted octanol–water partition coefficient (Wildman–Crippen LogP) is -3.33. The number of phosphoric acid groups is 1. The van der Waals surface area contributed by atoms with Crippen LogP contribution in [-0.2, 0) is 29.5 Å². The summed E-state index contributed by atoms with van der Waals surface area (Å²) in [6.07, 6.45) is 0. The normalized spacial score (nSPS) is 7.38. The topological polar surface area (TPSA) is 115 Å². The van der Waals surface area contributed by atoms with Gasteiger partial charge in [-0.3, -0.25) is 0 Å². The summed E-state index contributed by atoms with van der Waals surface area (Å²) in [7, 11) is -5.39. The van der Waals surface area contributed by atoms with E-state index in [-0.39, 0.29) is 42.3 Å². The Kier molecular flexibility index (Phi) is 23.5. The summed E-state index contributed by atoms with van der Waals surface area (Å²) < 4.78 is 8.55. The Balaban J connectivity index is -0.0000000267. The van der Waals surface area contributed by atoms with Crippen LogP contribution in [0.1, 0.15) is 0 Å². The molecule has 0 aromatic carbocycles. The molecule has 0 rings (SSSR count). The maximum atomic E-state index is 8.55. The molecule has 0 saturated carbocycles. The van der Waals surface area contributed by atoms with E-state index in [0.29, 0.717) is 0 Å². The van der Waals surface area contributed by atoms with Crippen LogP contribution in [0, 0.1) is 0 Å². The van der Waals surface area contributed by atoms with E-state index in [0.717, 1.165) is 0 Å². The van der Waals surface area contributed by atoms with E-state index in [4.69, 9.17) is 19.2 Å². The van der Waals surface area contributed by atoms with Gasteiger partial charge in [0.25, 0.3) is 0 Å². The fourth-order valence-electron chi connectivity index (χ4n) is 0. The fraction of sp³-hybridized carbons (Fsp3) is 0. The summed E-state index contributed by atoms with van der Waals surface area (Å²) in [6, 6.07) is 0. The van der Waals surface area contributed by atoms with Crippen LogP contribution in [0.25, 0.3) is 0 Å². The first-order valence-electron chi connectivity index (χ1n) is 0.730. The van der Waals surface area contributed by atoms with Gasteiger partial charge in [0.15, 0.2) is 0 Å². The molecule has 0 aliphatic rings. The van der Waals surface area contributed by atoms with Crippen LogP contribution >= 0.6 is 7.82 Å². The Labute approximate surface area is 69.5 Å². The zero-order valence-corrected chi connectivity index (χ0v) is 8.79. The molecule has 0 amide bonds. The molecule has 40 valence electrons. The summed E-state index contributed by atoms with van der Waals surface area (Å²) >= 11 is 0. The van der Waals surface area contributed by atoms with E-state index in [1.165, 1.54) is 0 Å². The summed E-state index contributed by atoms with van der Waals surface area (Å²) in [6.45, 7) is 0. The fourth-order valence-corrected chi connectivity index (χ4v) is 0. The summed E-state index contributed by atoms with van der Waals surface area (Å²) in [5.41, 5.74) is 0. The van der Waals surface area contributed by atoms with Gasteiger partial charge in [-0.25, -0.2) is 0 Å². The molecule has 0 N–H and O–H groups in total. The minimum absolute atomic E-state index is 0. The van der Waals surface area contributed by atoms with Crippen molar-refractivity contribution in [1.82, 2.24) is 0 Å². The molecule has 0 fully saturated rings. The number of hydrogen-bond donors (Lipinski definition) is 0. The van der Waals surface area contributed by atoms with Gasteiger partial charge in [0.1, 0.15) is 0 Å². The van der Waals surface area contributed by atoms with Crippen molar-refractivity contribution in [2.45, 2.75) is 0 Å². The van der Waals surface area contributed by atoms with Crippen molar-refractivity contribution in [3.05, 3.63) is 0 Å². The first kappa shape index (κ1) is 22.9. The van der Waals surface area contributed by atoms with Gasteiger partial charge in [-0.05, 0) is 0 Å². The monoisotopic (exact) mass is 202 g/mol. The summed E-state index contributed by atoms with van der Waals surface area (Å²) in [5.74, 6) is 0. The molecule has 0 aliphatic heterocycles. The molecule has 5 nitrogen and oxygen atoms in total. The van der Waals surface area contributed by atoms with Crippen molar-refractivity contribution >= 4 is 25.2 Å². The van der Waals surface area contributed by atoms with Crippen molar-refractivity contribution in [2.24, 2.45) is 0 Å². The van der Waals surface area contributed by atoms with Crippen molar-refractivity contribution in [1.29, 1.82) is 0 Å². The van der Waals surface area contributed by atoms with Gasteiger partial charge in [0.05, 0.1) is 0 Å². The second-order valence-electron chi connectivity index (χ2n) is 0.447. The van der Waals surface area contributed by atoms with Crippen LogP contribution in [0.2, 0.25) is 0 Å². The second-order valence-corrected chi connectivity index (χ2v) is 1.34. The SMILES string of the molecule is O=P([O-])([O-])[O-].[Al+3].[O-2].[Zn+2]. The molecular formula is AlO5PZn. The largest absolute Gasteiger partial charge is 3.00 e. The Morgan fingerprint density at radius 2 is 1.12 bits per heavy atom. The van der Waals surface area contributed by atoms with Gasteiger partial charge in [-0.15, -0.1) is 0 Å². The Hall–Kier alpha value is 1.23. The molecule has 0 aromatic heterocycles. The average Bonchev–Trinajstić information content (AvgIpc) is 0.722. The van der Waals surface area contributed by atoms with E-state index >= 15 is 0 Å². The Morgan fingerprint density at radius 1 is 1.12 bits per heavy atom. The minimum atomic E-state index is -5.39.